The van der Waals surface area contributed by atoms with Crippen LogP contribution in [-0.4, -0.2) is 35.6 Å². The smallest absolute Gasteiger partial charge is 0.0360 e. The average molecular weight is 288 g/mol. The molecule has 0 spiro atoms. The van der Waals surface area contributed by atoms with Crippen LogP contribution in [0.1, 0.15) is 26.5 Å². The second-order valence-corrected chi connectivity index (χ2v) is 5.03. The molecule has 0 saturated heterocycles. The summed E-state index contributed by atoms with van der Waals surface area (Å²) in [6, 6.07) is 2.62. The number of hydrogen-bond acceptors (Lipinski definition) is 2. The molecule has 0 amide bonds. The number of H-pyrrole nitrogens is 1. The monoisotopic (exact) mass is 287 g/mol. The molecule has 1 atom stereocenters. The molecule has 0 radical (unpaired) electrons. The number of halogens is 1. The van der Waals surface area contributed by atoms with Crippen molar-refractivity contribution in [3.8, 4) is 0 Å². The van der Waals surface area contributed by atoms with Gasteiger partial charge in [0.15, 0.2) is 0 Å². The first kappa shape index (κ1) is 13.7. The van der Waals surface area contributed by atoms with Crippen LogP contribution in [0.15, 0.2) is 16.7 Å². The van der Waals surface area contributed by atoms with Crippen LogP contribution in [-0.2, 0) is 6.54 Å². The zero-order valence-corrected chi connectivity index (χ0v) is 12.0. The SMILES string of the molecule is CCN(CC)CC(C)NCc1cc(Br)c[nH]1. The van der Waals surface area contributed by atoms with E-state index < -0.39 is 0 Å². The van der Waals surface area contributed by atoms with Crippen LogP contribution in [0, 0.1) is 0 Å². The fourth-order valence-electron chi connectivity index (χ4n) is 1.73. The summed E-state index contributed by atoms with van der Waals surface area (Å²) >= 11 is 3.43. The fourth-order valence-corrected chi connectivity index (χ4v) is 2.12. The third-order valence-corrected chi connectivity index (χ3v) is 3.23. The Bertz CT molecular complexity index is 294. The molecule has 0 aromatic carbocycles. The Labute approximate surface area is 107 Å². The van der Waals surface area contributed by atoms with Gasteiger partial charge < -0.3 is 15.2 Å². The van der Waals surface area contributed by atoms with E-state index in [4.69, 9.17) is 0 Å². The van der Waals surface area contributed by atoms with Crippen molar-refractivity contribution < 1.29 is 0 Å². The highest BCUT2D eigenvalue weighted by Crippen LogP contribution is 2.10. The Morgan fingerprint density at radius 1 is 1.44 bits per heavy atom. The summed E-state index contributed by atoms with van der Waals surface area (Å²) in [6.07, 6.45) is 1.96. The number of aromatic amines is 1. The summed E-state index contributed by atoms with van der Waals surface area (Å²) in [4.78, 5) is 5.65. The lowest BCUT2D eigenvalue weighted by Gasteiger charge is -2.23. The zero-order valence-electron chi connectivity index (χ0n) is 10.4. The molecule has 2 N–H and O–H groups in total. The molecule has 1 rings (SSSR count). The van der Waals surface area contributed by atoms with Crippen LogP contribution in [0.2, 0.25) is 0 Å². The third-order valence-electron chi connectivity index (χ3n) is 2.78. The predicted octanol–water partition coefficient (Wildman–Crippen LogP) is 2.60. The van der Waals surface area contributed by atoms with Crippen LogP contribution >= 0.6 is 15.9 Å². The van der Waals surface area contributed by atoms with Crippen LogP contribution in [0.3, 0.4) is 0 Å². The zero-order chi connectivity index (χ0) is 12.0. The third kappa shape index (κ3) is 4.68. The lowest BCUT2D eigenvalue weighted by molar-refractivity contribution is 0.270. The Balaban J connectivity index is 2.26. The van der Waals surface area contributed by atoms with Gasteiger partial charge in [0, 0.05) is 35.5 Å². The van der Waals surface area contributed by atoms with Crippen molar-refractivity contribution in [2.24, 2.45) is 0 Å². The van der Waals surface area contributed by atoms with E-state index in [9.17, 15) is 0 Å². The normalized spacial score (nSPS) is 13.3. The van der Waals surface area contributed by atoms with E-state index in [1.165, 1.54) is 5.69 Å². The quantitative estimate of drug-likeness (QED) is 0.808. The van der Waals surface area contributed by atoms with Crippen molar-refractivity contribution in [1.29, 1.82) is 0 Å². The highest BCUT2D eigenvalue weighted by molar-refractivity contribution is 9.10. The number of aromatic nitrogens is 1. The molecule has 0 aliphatic rings. The van der Waals surface area contributed by atoms with Crippen molar-refractivity contribution in [3.05, 3.63) is 22.4 Å². The van der Waals surface area contributed by atoms with Gasteiger partial charge in [0.1, 0.15) is 0 Å². The van der Waals surface area contributed by atoms with E-state index >= 15 is 0 Å². The number of rotatable bonds is 7. The molecule has 1 unspecified atom stereocenters. The Kier molecular flexibility index (Phi) is 6.09. The van der Waals surface area contributed by atoms with E-state index in [1.807, 2.05) is 6.20 Å². The largest absolute Gasteiger partial charge is 0.363 e. The van der Waals surface area contributed by atoms with Gasteiger partial charge in [-0.05, 0) is 42.0 Å². The molecule has 0 bridgehead atoms. The van der Waals surface area contributed by atoms with Crippen molar-refractivity contribution >= 4 is 15.9 Å². The van der Waals surface area contributed by atoms with Gasteiger partial charge in [0.25, 0.3) is 0 Å². The van der Waals surface area contributed by atoms with E-state index in [0.29, 0.717) is 6.04 Å². The summed E-state index contributed by atoms with van der Waals surface area (Å²) in [7, 11) is 0. The highest BCUT2D eigenvalue weighted by atomic mass is 79.9. The number of nitrogens with zero attached hydrogens (tertiary/aromatic N) is 1. The molecular weight excluding hydrogens is 266 g/mol. The van der Waals surface area contributed by atoms with Gasteiger partial charge in [-0.2, -0.15) is 0 Å². The molecule has 1 aromatic rings. The van der Waals surface area contributed by atoms with Crippen LogP contribution < -0.4 is 5.32 Å². The van der Waals surface area contributed by atoms with E-state index in [2.05, 4.69) is 58.0 Å². The molecule has 3 nitrogen and oxygen atoms in total. The summed E-state index contributed by atoms with van der Waals surface area (Å²) < 4.78 is 1.11. The van der Waals surface area contributed by atoms with Gasteiger partial charge in [-0.15, -0.1) is 0 Å². The topological polar surface area (TPSA) is 31.1 Å². The summed E-state index contributed by atoms with van der Waals surface area (Å²) in [5, 5.41) is 3.52. The first-order valence-electron chi connectivity index (χ1n) is 5.94. The predicted molar refractivity (Wildman–Crippen MR) is 72.6 cm³/mol. The van der Waals surface area contributed by atoms with Crippen molar-refractivity contribution in [3.63, 3.8) is 0 Å². The highest BCUT2D eigenvalue weighted by Gasteiger charge is 2.06. The van der Waals surface area contributed by atoms with Crippen LogP contribution in [0.4, 0.5) is 0 Å². The van der Waals surface area contributed by atoms with Gasteiger partial charge in [-0.25, -0.2) is 0 Å². The number of hydrogen-bond donors (Lipinski definition) is 2. The van der Waals surface area contributed by atoms with Gasteiger partial charge in [0.2, 0.25) is 0 Å². The summed E-state index contributed by atoms with van der Waals surface area (Å²) in [6.45, 7) is 10.9. The maximum atomic E-state index is 3.52. The second-order valence-electron chi connectivity index (χ2n) is 4.11. The minimum absolute atomic E-state index is 0.516. The maximum Gasteiger partial charge on any atom is 0.0360 e. The van der Waals surface area contributed by atoms with Crippen molar-refractivity contribution in [2.45, 2.75) is 33.4 Å². The number of likely N-dealkylation sites (N-methyl/N-ethyl adjacent to an activating group) is 1. The molecule has 0 aliphatic carbocycles. The molecule has 1 aromatic heterocycles. The summed E-state index contributed by atoms with van der Waals surface area (Å²) in [5.74, 6) is 0. The molecule has 4 heteroatoms. The van der Waals surface area contributed by atoms with E-state index in [1.54, 1.807) is 0 Å². The Hall–Kier alpha value is -0.320. The van der Waals surface area contributed by atoms with Gasteiger partial charge in [-0.3, -0.25) is 0 Å². The lowest BCUT2D eigenvalue weighted by Crippen LogP contribution is -2.38. The molecule has 92 valence electrons. The minimum atomic E-state index is 0.516. The van der Waals surface area contributed by atoms with E-state index in [0.717, 1.165) is 30.7 Å². The van der Waals surface area contributed by atoms with Gasteiger partial charge in [0.05, 0.1) is 0 Å². The molecule has 1 heterocycles. The fraction of sp³-hybridized carbons (Fsp3) is 0.667. The van der Waals surface area contributed by atoms with Crippen LogP contribution in [0.25, 0.3) is 0 Å². The van der Waals surface area contributed by atoms with Crippen molar-refractivity contribution in [1.82, 2.24) is 15.2 Å². The first-order chi connectivity index (χ1) is 7.65. The molecule has 0 aliphatic heterocycles. The standard InChI is InChI=1S/C12H22BrN3/c1-4-16(5-2)9-10(3)14-8-12-6-11(13)7-15-12/h6-7,10,14-15H,4-5,8-9H2,1-3H3. The first-order valence-corrected chi connectivity index (χ1v) is 6.73. The summed E-state index contributed by atoms with van der Waals surface area (Å²) in [5.41, 5.74) is 1.22. The molecule has 16 heavy (non-hydrogen) atoms. The Morgan fingerprint density at radius 2 is 2.12 bits per heavy atom. The minimum Gasteiger partial charge on any atom is -0.363 e. The lowest BCUT2D eigenvalue weighted by atomic mass is 10.3. The van der Waals surface area contributed by atoms with E-state index in [-0.39, 0.29) is 0 Å². The van der Waals surface area contributed by atoms with Gasteiger partial charge in [-0.1, -0.05) is 13.8 Å². The Morgan fingerprint density at radius 3 is 2.62 bits per heavy atom. The molecular formula is C12H22BrN3. The average Bonchev–Trinajstić information content (AvgIpc) is 2.69. The van der Waals surface area contributed by atoms with Crippen molar-refractivity contribution in [2.75, 3.05) is 19.6 Å². The molecule has 0 fully saturated rings. The van der Waals surface area contributed by atoms with Crippen LogP contribution in [0.5, 0.6) is 0 Å². The maximum absolute atomic E-state index is 3.52. The number of nitrogens with one attached hydrogen (secondary N) is 2. The van der Waals surface area contributed by atoms with Gasteiger partial charge >= 0.3 is 0 Å². The second kappa shape index (κ2) is 7.09. The molecule has 0 saturated carbocycles.